The fourth-order valence-electron chi connectivity index (χ4n) is 1.87. The van der Waals surface area contributed by atoms with Gasteiger partial charge in [0.1, 0.15) is 29.7 Å². The molecule has 0 aliphatic carbocycles. The number of hydrogen-bond donors (Lipinski definition) is 1. The molecule has 0 aliphatic heterocycles. The summed E-state index contributed by atoms with van der Waals surface area (Å²) in [6.07, 6.45) is 1.99. The van der Waals surface area contributed by atoms with Gasteiger partial charge >= 0.3 is 0 Å². The highest BCUT2D eigenvalue weighted by Crippen LogP contribution is 2.28. The lowest BCUT2D eigenvalue weighted by molar-refractivity contribution is 0.216. The molecular formula is C16H17NO2S2. The molecule has 2 N–H and O–H groups in total. The molecule has 0 saturated carbocycles. The van der Waals surface area contributed by atoms with Gasteiger partial charge in [0, 0.05) is 4.90 Å². The highest BCUT2D eigenvalue weighted by Gasteiger charge is 2.11. The molecule has 0 aliphatic rings. The summed E-state index contributed by atoms with van der Waals surface area (Å²) in [7, 11) is 0. The second-order valence-electron chi connectivity index (χ2n) is 4.21. The van der Waals surface area contributed by atoms with E-state index in [-0.39, 0.29) is 0 Å². The highest BCUT2D eigenvalue weighted by molar-refractivity contribution is 7.98. The van der Waals surface area contributed by atoms with E-state index < -0.39 is 0 Å². The summed E-state index contributed by atoms with van der Waals surface area (Å²) in [5.74, 6) is 1.53. The van der Waals surface area contributed by atoms with E-state index in [1.807, 2.05) is 54.8 Å². The third kappa shape index (κ3) is 4.37. The SMILES string of the molecule is CSc1cccc(OCCOc2ccccc2)c1C(N)=S. The Kier molecular flexibility index (Phi) is 5.90. The van der Waals surface area contributed by atoms with Crippen LogP contribution in [0, 0.1) is 0 Å². The molecule has 0 amide bonds. The predicted molar refractivity (Wildman–Crippen MR) is 91.5 cm³/mol. The van der Waals surface area contributed by atoms with Gasteiger partial charge in [-0.15, -0.1) is 11.8 Å². The van der Waals surface area contributed by atoms with E-state index in [1.165, 1.54) is 0 Å². The van der Waals surface area contributed by atoms with Crippen LogP contribution < -0.4 is 15.2 Å². The average Bonchev–Trinajstić information content (AvgIpc) is 2.52. The first-order valence-electron chi connectivity index (χ1n) is 6.50. The van der Waals surface area contributed by atoms with Crippen LogP contribution in [0.25, 0.3) is 0 Å². The van der Waals surface area contributed by atoms with E-state index in [0.717, 1.165) is 16.2 Å². The Bertz CT molecular complexity index is 602. The summed E-state index contributed by atoms with van der Waals surface area (Å²) >= 11 is 6.71. The van der Waals surface area contributed by atoms with Gasteiger partial charge in [0.25, 0.3) is 0 Å². The lowest BCUT2D eigenvalue weighted by atomic mass is 10.2. The maximum atomic E-state index is 5.79. The van der Waals surface area contributed by atoms with Crippen molar-refractivity contribution in [1.29, 1.82) is 0 Å². The third-order valence-corrected chi connectivity index (χ3v) is 3.79. The molecule has 2 rings (SSSR count). The Hall–Kier alpha value is -1.72. The molecule has 0 fully saturated rings. The molecule has 110 valence electrons. The minimum Gasteiger partial charge on any atom is -0.490 e. The van der Waals surface area contributed by atoms with Crippen LogP contribution in [0.5, 0.6) is 11.5 Å². The van der Waals surface area contributed by atoms with Crippen molar-refractivity contribution in [1.82, 2.24) is 0 Å². The first-order valence-corrected chi connectivity index (χ1v) is 8.13. The van der Waals surface area contributed by atoms with Crippen LogP contribution >= 0.6 is 24.0 Å². The number of thioether (sulfide) groups is 1. The predicted octanol–water partition coefficient (Wildman–Crippen LogP) is 3.50. The van der Waals surface area contributed by atoms with Crippen LogP contribution in [0.15, 0.2) is 53.4 Å². The molecule has 0 spiro atoms. The Balaban J connectivity index is 1.95. The number of benzene rings is 2. The average molecular weight is 319 g/mol. The molecule has 0 heterocycles. The fraction of sp³-hybridized carbons (Fsp3) is 0.188. The van der Waals surface area contributed by atoms with Crippen molar-refractivity contribution in [3.8, 4) is 11.5 Å². The van der Waals surface area contributed by atoms with Crippen molar-refractivity contribution in [3.63, 3.8) is 0 Å². The lowest BCUT2D eigenvalue weighted by Crippen LogP contribution is -2.15. The van der Waals surface area contributed by atoms with Crippen LogP contribution in [0.4, 0.5) is 0 Å². The molecule has 0 atom stereocenters. The summed E-state index contributed by atoms with van der Waals surface area (Å²) < 4.78 is 11.3. The number of rotatable bonds is 7. The molecule has 5 heteroatoms. The monoisotopic (exact) mass is 319 g/mol. The number of thiocarbonyl (C=S) groups is 1. The second kappa shape index (κ2) is 7.90. The van der Waals surface area contributed by atoms with Crippen molar-refractivity contribution in [2.75, 3.05) is 19.5 Å². The quantitative estimate of drug-likeness (QED) is 0.481. The van der Waals surface area contributed by atoms with Crippen molar-refractivity contribution < 1.29 is 9.47 Å². The van der Waals surface area contributed by atoms with Gasteiger partial charge in [-0.1, -0.05) is 36.5 Å². The Labute approximate surface area is 134 Å². The third-order valence-electron chi connectivity index (χ3n) is 2.81. The first-order chi connectivity index (χ1) is 10.2. The molecule has 0 aromatic heterocycles. The fourth-order valence-corrected chi connectivity index (χ4v) is 2.78. The van der Waals surface area contributed by atoms with E-state index in [0.29, 0.717) is 24.0 Å². The molecule has 0 unspecified atom stereocenters. The first kappa shape index (κ1) is 15.7. The summed E-state index contributed by atoms with van der Waals surface area (Å²) in [6.45, 7) is 0.895. The normalized spacial score (nSPS) is 10.1. The molecule has 3 nitrogen and oxygen atoms in total. The van der Waals surface area contributed by atoms with Crippen LogP contribution in [0.2, 0.25) is 0 Å². The summed E-state index contributed by atoms with van der Waals surface area (Å²) in [6, 6.07) is 15.4. The largest absolute Gasteiger partial charge is 0.490 e. The van der Waals surface area contributed by atoms with Crippen molar-refractivity contribution in [2.45, 2.75) is 4.90 Å². The van der Waals surface area contributed by atoms with E-state index in [4.69, 9.17) is 27.4 Å². The van der Waals surface area contributed by atoms with Gasteiger partial charge in [0.15, 0.2) is 0 Å². The van der Waals surface area contributed by atoms with Crippen LogP contribution in [0.3, 0.4) is 0 Å². The van der Waals surface area contributed by atoms with Crippen LogP contribution in [-0.4, -0.2) is 24.5 Å². The van der Waals surface area contributed by atoms with Crippen molar-refractivity contribution >= 4 is 29.0 Å². The van der Waals surface area contributed by atoms with Gasteiger partial charge in [0.2, 0.25) is 0 Å². The topological polar surface area (TPSA) is 44.5 Å². The second-order valence-corrected chi connectivity index (χ2v) is 5.50. The lowest BCUT2D eigenvalue weighted by Gasteiger charge is -2.14. The molecule has 2 aromatic rings. The molecule has 2 aromatic carbocycles. The smallest absolute Gasteiger partial charge is 0.130 e. The summed E-state index contributed by atoms with van der Waals surface area (Å²) in [4.78, 5) is 1.36. The maximum absolute atomic E-state index is 5.79. The zero-order valence-electron chi connectivity index (χ0n) is 11.7. The highest BCUT2D eigenvalue weighted by atomic mass is 32.2. The van der Waals surface area contributed by atoms with Gasteiger partial charge in [-0.25, -0.2) is 0 Å². The van der Waals surface area contributed by atoms with E-state index in [2.05, 4.69) is 0 Å². The Morgan fingerprint density at radius 1 is 1.05 bits per heavy atom. The van der Waals surface area contributed by atoms with E-state index in [9.17, 15) is 0 Å². The summed E-state index contributed by atoms with van der Waals surface area (Å²) in [5, 5.41) is 0. The standard InChI is InChI=1S/C16H17NO2S2/c1-21-14-9-5-8-13(15(14)16(17)20)19-11-10-18-12-6-3-2-4-7-12/h2-9H,10-11H2,1H3,(H2,17,20). The zero-order chi connectivity index (χ0) is 15.1. The van der Waals surface area contributed by atoms with Crippen molar-refractivity contribution in [2.24, 2.45) is 5.73 Å². The molecule has 0 radical (unpaired) electrons. The van der Waals surface area contributed by atoms with Gasteiger partial charge in [-0.3, -0.25) is 0 Å². The minimum absolute atomic E-state index is 0.346. The summed E-state index contributed by atoms with van der Waals surface area (Å²) in [5.41, 5.74) is 6.58. The van der Waals surface area contributed by atoms with Crippen LogP contribution in [0.1, 0.15) is 5.56 Å². The number of nitrogens with two attached hydrogens (primary N) is 1. The van der Waals surface area contributed by atoms with Crippen molar-refractivity contribution in [3.05, 3.63) is 54.1 Å². The van der Waals surface area contributed by atoms with Gasteiger partial charge in [-0.2, -0.15) is 0 Å². The van der Waals surface area contributed by atoms with Gasteiger partial charge in [-0.05, 0) is 30.5 Å². The molecule has 0 bridgehead atoms. The van der Waals surface area contributed by atoms with Gasteiger partial charge < -0.3 is 15.2 Å². The van der Waals surface area contributed by atoms with E-state index >= 15 is 0 Å². The Morgan fingerprint density at radius 2 is 1.76 bits per heavy atom. The van der Waals surface area contributed by atoms with E-state index in [1.54, 1.807) is 11.8 Å². The zero-order valence-corrected chi connectivity index (χ0v) is 13.4. The van der Waals surface area contributed by atoms with Crippen LogP contribution in [-0.2, 0) is 0 Å². The Morgan fingerprint density at radius 3 is 2.43 bits per heavy atom. The molecular weight excluding hydrogens is 302 g/mol. The number of hydrogen-bond acceptors (Lipinski definition) is 4. The molecule has 0 saturated heterocycles. The van der Waals surface area contributed by atoms with Gasteiger partial charge in [0.05, 0.1) is 5.56 Å². The number of para-hydroxylation sites is 1. The minimum atomic E-state index is 0.346. The number of ether oxygens (including phenoxy) is 2. The molecule has 21 heavy (non-hydrogen) atoms. The maximum Gasteiger partial charge on any atom is 0.130 e.